The summed E-state index contributed by atoms with van der Waals surface area (Å²) < 4.78 is 8.78. The van der Waals surface area contributed by atoms with Crippen molar-refractivity contribution in [1.82, 2.24) is 30.0 Å². The highest BCUT2D eigenvalue weighted by Crippen LogP contribution is 2.27. The Hall–Kier alpha value is -3.23. The Morgan fingerprint density at radius 1 is 1.22 bits per heavy atom. The van der Waals surface area contributed by atoms with Crippen molar-refractivity contribution in [2.45, 2.75) is 40.2 Å². The zero-order valence-electron chi connectivity index (χ0n) is 16.3. The van der Waals surface area contributed by atoms with Crippen molar-refractivity contribution in [1.29, 1.82) is 0 Å². The highest BCUT2D eigenvalue weighted by molar-refractivity contribution is 6.05. The summed E-state index contributed by atoms with van der Waals surface area (Å²) in [7, 11) is 1.57. The fourth-order valence-electron chi connectivity index (χ4n) is 2.89. The third-order valence-corrected chi connectivity index (χ3v) is 4.18. The quantitative estimate of drug-likeness (QED) is 0.758. The third kappa shape index (κ3) is 3.53. The molecule has 0 aliphatic carbocycles. The number of hydrogen-bond donors (Lipinski definition) is 1. The van der Waals surface area contributed by atoms with E-state index in [1.54, 1.807) is 43.1 Å². The second-order valence-electron chi connectivity index (χ2n) is 7.20. The van der Waals surface area contributed by atoms with Gasteiger partial charge in [-0.25, -0.2) is 0 Å². The van der Waals surface area contributed by atoms with E-state index in [-0.39, 0.29) is 11.4 Å². The summed E-state index contributed by atoms with van der Waals surface area (Å²) in [5.41, 5.74) is 2.38. The number of hydrogen-bond acceptors (Lipinski definition) is 6. The lowest BCUT2D eigenvalue weighted by molar-refractivity contribution is 0.102. The van der Waals surface area contributed by atoms with E-state index in [4.69, 9.17) is 4.74 Å². The fraction of sp³-hybridized carbons (Fsp3) is 0.389. The van der Waals surface area contributed by atoms with E-state index in [1.807, 2.05) is 32.4 Å². The molecular formula is C18H23N7O2. The molecule has 9 nitrogen and oxygen atoms in total. The molecule has 27 heavy (non-hydrogen) atoms. The molecular weight excluding hydrogens is 346 g/mol. The monoisotopic (exact) mass is 369 g/mol. The number of methoxy groups -OCH3 is 1. The van der Waals surface area contributed by atoms with E-state index in [1.165, 1.54) is 0 Å². The molecule has 0 saturated carbocycles. The number of aryl methyl sites for hydroxylation is 1. The minimum absolute atomic E-state index is 0.201. The van der Waals surface area contributed by atoms with Crippen molar-refractivity contribution >= 4 is 11.6 Å². The third-order valence-electron chi connectivity index (χ3n) is 4.18. The Bertz CT molecular complexity index is 982. The molecule has 1 N–H and O–H groups in total. The van der Waals surface area contributed by atoms with Gasteiger partial charge >= 0.3 is 0 Å². The average molecular weight is 369 g/mol. The first-order valence-corrected chi connectivity index (χ1v) is 8.52. The Morgan fingerprint density at radius 3 is 2.52 bits per heavy atom. The normalized spacial score (nSPS) is 11.5. The van der Waals surface area contributed by atoms with Gasteiger partial charge in [-0.05, 0) is 63.2 Å². The van der Waals surface area contributed by atoms with Crippen molar-refractivity contribution in [2.75, 3.05) is 12.4 Å². The largest absolute Gasteiger partial charge is 0.494 e. The van der Waals surface area contributed by atoms with Crippen LogP contribution in [-0.2, 0) is 5.54 Å². The van der Waals surface area contributed by atoms with Crippen LogP contribution in [0, 0.1) is 13.8 Å². The molecule has 3 rings (SSSR count). The van der Waals surface area contributed by atoms with Gasteiger partial charge in [-0.1, -0.05) is 0 Å². The van der Waals surface area contributed by atoms with Crippen LogP contribution in [0.25, 0.3) is 5.69 Å². The lowest BCUT2D eigenvalue weighted by Gasteiger charge is -2.21. The lowest BCUT2D eigenvalue weighted by Crippen LogP contribution is -2.25. The first-order valence-electron chi connectivity index (χ1n) is 8.52. The van der Waals surface area contributed by atoms with Crippen LogP contribution in [0.1, 0.15) is 42.6 Å². The van der Waals surface area contributed by atoms with E-state index >= 15 is 0 Å². The van der Waals surface area contributed by atoms with Gasteiger partial charge in [-0.2, -0.15) is 9.78 Å². The molecule has 0 saturated heterocycles. The Kier molecular flexibility index (Phi) is 4.69. The minimum atomic E-state index is -0.229. The molecule has 1 aromatic carbocycles. The summed E-state index contributed by atoms with van der Waals surface area (Å²) in [6, 6.07) is 5.30. The van der Waals surface area contributed by atoms with E-state index < -0.39 is 0 Å². The van der Waals surface area contributed by atoms with Crippen LogP contribution in [0.3, 0.4) is 0 Å². The number of nitrogens with one attached hydrogen (secondary N) is 1. The second-order valence-corrected chi connectivity index (χ2v) is 7.20. The van der Waals surface area contributed by atoms with Gasteiger partial charge in [0.2, 0.25) is 0 Å². The molecule has 0 fully saturated rings. The van der Waals surface area contributed by atoms with Crippen LogP contribution in [0.5, 0.6) is 5.75 Å². The number of ether oxygens (including phenoxy) is 1. The summed E-state index contributed by atoms with van der Waals surface area (Å²) in [6.07, 6.45) is 1.59. The second kappa shape index (κ2) is 6.82. The molecule has 1 amide bonds. The van der Waals surface area contributed by atoms with Gasteiger partial charge in [0.25, 0.3) is 5.91 Å². The van der Waals surface area contributed by atoms with Crippen LogP contribution >= 0.6 is 0 Å². The van der Waals surface area contributed by atoms with Gasteiger partial charge in [-0.15, -0.1) is 5.10 Å². The predicted octanol–water partition coefficient (Wildman–Crippen LogP) is 2.49. The molecule has 9 heteroatoms. The van der Waals surface area contributed by atoms with Crippen LogP contribution in [-0.4, -0.2) is 43.0 Å². The smallest absolute Gasteiger partial charge is 0.259 e. The van der Waals surface area contributed by atoms with E-state index in [9.17, 15) is 4.79 Å². The van der Waals surface area contributed by atoms with Crippen LogP contribution in [0.4, 0.5) is 5.69 Å². The van der Waals surface area contributed by atoms with Gasteiger partial charge in [0, 0.05) is 11.4 Å². The molecule has 3 aromatic rings. The number of benzene rings is 1. The van der Waals surface area contributed by atoms with Gasteiger partial charge in [0.05, 0.1) is 24.4 Å². The minimum Gasteiger partial charge on any atom is -0.494 e. The summed E-state index contributed by atoms with van der Waals surface area (Å²) in [4.78, 5) is 12.8. The summed E-state index contributed by atoms with van der Waals surface area (Å²) in [5.74, 6) is 0.978. The number of tetrazole rings is 1. The molecule has 0 bridgehead atoms. The van der Waals surface area contributed by atoms with Crippen LogP contribution < -0.4 is 10.1 Å². The van der Waals surface area contributed by atoms with Crippen molar-refractivity contribution in [3.63, 3.8) is 0 Å². The highest BCUT2D eigenvalue weighted by atomic mass is 16.5. The Balaban J connectivity index is 1.92. The number of rotatable bonds is 4. The SMILES string of the molecule is COc1ccc(NC(=O)c2cnn(C(C)(C)C)c2C)cc1-n1nnnc1C. The molecule has 2 aromatic heterocycles. The number of anilines is 1. The zero-order valence-corrected chi connectivity index (χ0v) is 16.3. The average Bonchev–Trinajstić information content (AvgIpc) is 3.20. The molecule has 0 atom stereocenters. The molecule has 0 unspecified atom stereocenters. The van der Waals surface area contributed by atoms with Crippen molar-refractivity contribution < 1.29 is 9.53 Å². The predicted molar refractivity (Wildman–Crippen MR) is 100 cm³/mol. The first kappa shape index (κ1) is 18.6. The zero-order chi connectivity index (χ0) is 19.8. The number of nitrogens with zero attached hydrogens (tertiary/aromatic N) is 6. The topological polar surface area (TPSA) is 99.8 Å². The van der Waals surface area contributed by atoms with Gasteiger partial charge in [-0.3, -0.25) is 9.48 Å². The number of carbonyl (C=O) groups is 1. The molecule has 2 heterocycles. The van der Waals surface area contributed by atoms with Crippen LogP contribution in [0.2, 0.25) is 0 Å². The molecule has 0 radical (unpaired) electrons. The summed E-state index contributed by atoms with van der Waals surface area (Å²) >= 11 is 0. The molecule has 142 valence electrons. The summed E-state index contributed by atoms with van der Waals surface area (Å²) in [6.45, 7) is 9.79. The summed E-state index contributed by atoms with van der Waals surface area (Å²) in [5, 5.41) is 18.8. The number of amides is 1. The maximum absolute atomic E-state index is 12.8. The Labute approximate surface area is 157 Å². The van der Waals surface area contributed by atoms with Crippen molar-refractivity contribution in [2.24, 2.45) is 0 Å². The molecule has 0 aliphatic heterocycles. The van der Waals surface area contributed by atoms with Crippen LogP contribution in [0.15, 0.2) is 24.4 Å². The van der Waals surface area contributed by atoms with E-state index in [0.717, 1.165) is 5.69 Å². The highest BCUT2D eigenvalue weighted by Gasteiger charge is 2.22. The number of carbonyl (C=O) groups excluding carboxylic acids is 1. The van der Waals surface area contributed by atoms with Crippen molar-refractivity contribution in [3.05, 3.63) is 41.5 Å². The number of aromatic nitrogens is 6. The fourth-order valence-corrected chi connectivity index (χ4v) is 2.89. The standard InChI is InChI=1S/C18H23N7O2/c1-11-14(10-19-25(11)18(3,4)5)17(26)20-13-7-8-16(27-6)15(9-13)24-12(2)21-22-23-24/h7-10H,1-6H3,(H,20,26). The maximum Gasteiger partial charge on any atom is 0.259 e. The van der Waals surface area contributed by atoms with Gasteiger partial charge < -0.3 is 10.1 Å². The van der Waals surface area contributed by atoms with E-state index in [2.05, 4.69) is 25.9 Å². The van der Waals surface area contributed by atoms with Gasteiger partial charge in [0.15, 0.2) is 5.82 Å². The molecule has 0 aliphatic rings. The first-order chi connectivity index (χ1) is 12.7. The van der Waals surface area contributed by atoms with E-state index in [0.29, 0.717) is 28.5 Å². The van der Waals surface area contributed by atoms with Crippen molar-refractivity contribution in [3.8, 4) is 11.4 Å². The van der Waals surface area contributed by atoms with Gasteiger partial charge in [0.1, 0.15) is 11.4 Å². The maximum atomic E-state index is 12.8. The Morgan fingerprint density at radius 2 is 1.96 bits per heavy atom. The molecule has 0 spiro atoms. The lowest BCUT2D eigenvalue weighted by atomic mass is 10.1.